The van der Waals surface area contributed by atoms with Gasteiger partial charge in [-0.25, -0.2) is 0 Å². The Hall–Kier alpha value is -1.64. The zero-order valence-corrected chi connectivity index (χ0v) is 12.0. The maximum Gasteiger partial charge on any atom is 0.0551 e. The predicted molar refractivity (Wildman–Crippen MR) is 83.4 cm³/mol. The molecule has 2 aromatic carbocycles. The molecule has 0 saturated carbocycles. The van der Waals surface area contributed by atoms with Crippen LogP contribution >= 0.6 is 0 Å². The molecule has 1 aliphatic heterocycles. The van der Waals surface area contributed by atoms with Crippen molar-refractivity contribution < 1.29 is 0 Å². The van der Waals surface area contributed by atoms with Crippen molar-refractivity contribution in [2.75, 3.05) is 13.1 Å². The molecule has 1 fully saturated rings. The average molecular weight is 266 g/mol. The first-order chi connectivity index (χ1) is 9.66. The molecular formula is C18H22N2. The van der Waals surface area contributed by atoms with Crippen molar-refractivity contribution in [3.05, 3.63) is 71.3 Å². The van der Waals surface area contributed by atoms with Gasteiger partial charge in [0.1, 0.15) is 0 Å². The van der Waals surface area contributed by atoms with E-state index < -0.39 is 0 Å². The summed E-state index contributed by atoms with van der Waals surface area (Å²) in [7, 11) is 0. The number of rotatable bonds is 3. The normalized spacial score (nSPS) is 23.1. The number of hydrogen-bond acceptors (Lipinski definition) is 2. The molecule has 0 radical (unpaired) electrons. The van der Waals surface area contributed by atoms with Gasteiger partial charge in [-0.3, -0.25) is 4.90 Å². The predicted octanol–water partition coefficient (Wildman–Crippen LogP) is 3.05. The Kier molecular flexibility index (Phi) is 3.60. The van der Waals surface area contributed by atoms with Crippen molar-refractivity contribution >= 4 is 0 Å². The van der Waals surface area contributed by atoms with Gasteiger partial charge in [-0.15, -0.1) is 0 Å². The van der Waals surface area contributed by atoms with Gasteiger partial charge in [0.25, 0.3) is 0 Å². The minimum absolute atomic E-state index is 0.194. The fourth-order valence-corrected chi connectivity index (χ4v) is 3.08. The highest BCUT2D eigenvalue weighted by molar-refractivity contribution is 5.30. The quantitative estimate of drug-likeness (QED) is 0.925. The minimum atomic E-state index is -0.194. The number of nitrogens with two attached hydrogens (primary N) is 1. The van der Waals surface area contributed by atoms with Crippen LogP contribution in [-0.4, -0.2) is 18.0 Å². The van der Waals surface area contributed by atoms with Gasteiger partial charge in [-0.2, -0.15) is 0 Å². The molecule has 1 aliphatic rings. The van der Waals surface area contributed by atoms with E-state index in [0.717, 1.165) is 26.1 Å². The molecule has 1 unspecified atom stereocenters. The summed E-state index contributed by atoms with van der Waals surface area (Å²) in [5.41, 5.74) is 10.4. The molecule has 2 N–H and O–H groups in total. The molecule has 0 bridgehead atoms. The molecule has 2 nitrogen and oxygen atoms in total. The standard InChI is InChI=1S/C18H22N2/c1-15-6-5-9-17(12-15)18(19)10-11-20(14-18)13-16-7-3-2-4-8-16/h2-9,12H,10-11,13-14,19H2,1H3. The Morgan fingerprint density at radius 3 is 2.65 bits per heavy atom. The summed E-state index contributed by atoms with van der Waals surface area (Å²) in [6.07, 6.45) is 1.03. The Labute approximate surface area is 121 Å². The first kappa shape index (κ1) is 13.3. The minimum Gasteiger partial charge on any atom is -0.320 e. The summed E-state index contributed by atoms with van der Waals surface area (Å²) in [6.45, 7) is 5.12. The second kappa shape index (κ2) is 5.39. The van der Waals surface area contributed by atoms with E-state index >= 15 is 0 Å². The van der Waals surface area contributed by atoms with E-state index in [1.807, 2.05) is 0 Å². The molecular weight excluding hydrogens is 244 g/mol. The van der Waals surface area contributed by atoms with Gasteiger partial charge in [0, 0.05) is 19.6 Å². The highest BCUT2D eigenvalue weighted by Gasteiger charge is 2.35. The van der Waals surface area contributed by atoms with Crippen LogP contribution in [0.3, 0.4) is 0 Å². The highest BCUT2D eigenvalue weighted by atomic mass is 15.2. The van der Waals surface area contributed by atoms with Crippen LogP contribution in [0.2, 0.25) is 0 Å². The van der Waals surface area contributed by atoms with Crippen LogP contribution in [-0.2, 0) is 12.1 Å². The molecule has 1 saturated heterocycles. The Bertz CT molecular complexity index is 579. The topological polar surface area (TPSA) is 29.3 Å². The van der Waals surface area contributed by atoms with E-state index in [1.165, 1.54) is 16.7 Å². The highest BCUT2D eigenvalue weighted by Crippen LogP contribution is 2.30. The Morgan fingerprint density at radius 1 is 1.10 bits per heavy atom. The smallest absolute Gasteiger partial charge is 0.0551 e. The summed E-state index contributed by atoms with van der Waals surface area (Å²) >= 11 is 0. The van der Waals surface area contributed by atoms with Crippen LogP contribution in [0.5, 0.6) is 0 Å². The summed E-state index contributed by atoms with van der Waals surface area (Å²) in [4.78, 5) is 2.46. The van der Waals surface area contributed by atoms with Crippen molar-refractivity contribution in [3.63, 3.8) is 0 Å². The first-order valence-corrected chi connectivity index (χ1v) is 7.28. The third-order valence-corrected chi connectivity index (χ3v) is 4.22. The Balaban J connectivity index is 1.72. The lowest BCUT2D eigenvalue weighted by Crippen LogP contribution is -2.39. The fourth-order valence-electron chi connectivity index (χ4n) is 3.08. The van der Waals surface area contributed by atoms with E-state index in [9.17, 15) is 0 Å². The zero-order valence-electron chi connectivity index (χ0n) is 12.0. The Morgan fingerprint density at radius 2 is 1.90 bits per heavy atom. The van der Waals surface area contributed by atoms with Crippen LogP contribution in [0.15, 0.2) is 54.6 Å². The van der Waals surface area contributed by atoms with Gasteiger partial charge in [-0.05, 0) is 24.5 Å². The van der Waals surface area contributed by atoms with Gasteiger partial charge >= 0.3 is 0 Å². The molecule has 2 aromatic rings. The molecule has 0 aliphatic carbocycles. The summed E-state index contributed by atoms with van der Waals surface area (Å²) in [5.74, 6) is 0. The van der Waals surface area contributed by atoms with E-state index in [2.05, 4.69) is 66.4 Å². The van der Waals surface area contributed by atoms with Gasteiger partial charge in [0.2, 0.25) is 0 Å². The van der Waals surface area contributed by atoms with Gasteiger partial charge in [0.15, 0.2) is 0 Å². The van der Waals surface area contributed by atoms with Crippen molar-refractivity contribution in [2.24, 2.45) is 5.73 Å². The lowest BCUT2D eigenvalue weighted by atomic mass is 9.89. The molecule has 1 atom stereocenters. The average Bonchev–Trinajstić information content (AvgIpc) is 2.83. The largest absolute Gasteiger partial charge is 0.320 e. The molecule has 0 amide bonds. The molecule has 0 aromatic heterocycles. The van der Waals surface area contributed by atoms with Crippen LogP contribution in [0.1, 0.15) is 23.1 Å². The van der Waals surface area contributed by atoms with Gasteiger partial charge in [0.05, 0.1) is 5.54 Å². The molecule has 0 spiro atoms. The summed E-state index contributed by atoms with van der Waals surface area (Å²) < 4.78 is 0. The first-order valence-electron chi connectivity index (χ1n) is 7.28. The van der Waals surface area contributed by atoms with Crippen molar-refractivity contribution in [1.29, 1.82) is 0 Å². The maximum absolute atomic E-state index is 6.65. The second-order valence-electron chi connectivity index (χ2n) is 5.97. The molecule has 104 valence electrons. The molecule has 20 heavy (non-hydrogen) atoms. The second-order valence-corrected chi connectivity index (χ2v) is 5.97. The monoisotopic (exact) mass is 266 g/mol. The maximum atomic E-state index is 6.65. The van der Waals surface area contributed by atoms with Crippen LogP contribution in [0.25, 0.3) is 0 Å². The van der Waals surface area contributed by atoms with Crippen LogP contribution < -0.4 is 5.73 Å². The fraction of sp³-hybridized carbons (Fsp3) is 0.333. The summed E-state index contributed by atoms with van der Waals surface area (Å²) in [6, 6.07) is 19.3. The molecule has 1 heterocycles. The van der Waals surface area contributed by atoms with Gasteiger partial charge in [-0.1, -0.05) is 60.2 Å². The van der Waals surface area contributed by atoms with Crippen molar-refractivity contribution in [2.45, 2.75) is 25.4 Å². The van der Waals surface area contributed by atoms with E-state index in [1.54, 1.807) is 0 Å². The number of likely N-dealkylation sites (tertiary alicyclic amines) is 1. The van der Waals surface area contributed by atoms with Crippen molar-refractivity contribution in [3.8, 4) is 0 Å². The van der Waals surface area contributed by atoms with Crippen LogP contribution in [0.4, 0.5) is 0 Å². The number of benzene rings is 2. The summed E-state index contributed by atoms with van der Waals surface area (Å²) in [5, 5.41) is 0. The number of aryl methyl sites for hydroxylation is 1. The van der Waals surface area contributed by atoms with E-state index in [0.29, 0.717) is 0 Å². The molecule has 3 rings (SSSR count). The SMILES string of the molecule is Cc1cccc(C2(N)CCN(Cc3ccccc3)C2)c1. The lowest BCUT2D eigenvalue weighted by molar-refractivity contribution is 0.305. The lowest BCUT2D eigenvalue weighted by Gasteiger charge is -2.25. The number of nitrogens with zero attached hydrogens (tertiary/aromatic N) is 1. The van der Waals surface area contributed by atoms with E-state index in [-0.39, 0.29) is 5.54 Å². The van der Waals surface area contributed by atoms with E-state index in [4.69, 9.17) is 5.73 Å². The number of hydrogen-bond donors (Lipinski definition) is 1. The van der Waals surface area contributed by atoms with Crippen LogP contribution in [0, 0.1) is 6.92 Å². The van der Waals surface area contributed by atoms with Gasteiger partial charge < -0.3 is 5.73 Å². The third kappa shape index (κ3) is 2.77. The van der Waals surface area contributed by atoms with Crippen molar-refractivity contribution in [1.82, 2.24) is 4.90 Å². The third-order valence-electron chi connectivity index (χ3n) is 4.22. The zero-order chi connectivity index (χ0) is 14.0. The molecule has 2 heteroatoms.